The van der Waals surface area contributed by atoms with E-state index in [4.69, 9.17) is 0 Å². The molecule has 2 amide bonds. The first-order chi connectivity index (χ1) is 10.4. The van der Waals surface area contributed by atoms with Crippen LogP contribution >= 0.6 is 0 Å². The smallest absolute Gasteiger partial charge is 0.314 e. The number of aliphatic hydroxyl groups excluding tert-OH is 1. The topological polar surface area (TPSA) is 64.6 Å². The molecule has 1 aliphatic rings. The summed E-state index contributed by atoms with van der Waals surface area (Å²) in [4.78, 5) is 14.1. The van der Waals surface area contributed by atoms with Gasteiger partial charge in [0.25, 0.3) is 0 Å². The number of hydrogen-bond donors (Lipinski definition) is 3. The van der Waals surface area contributed by atoms with Crippen molar-refractivity contribution in [3.8, 4) is 0 Å². The average Bonchev–Trinajstić information content (AvgIpc) is 2.42. The molecular weight excluding hydrogens is 278 g/mol. The quantitative estimate of drug-likeness (QED) is 0.601. The molecule has 5 heteroatoms. The van der Waals surface area contributed by atoms with Crippen molar-refractivity contribution in [3.05, 3.63) is 0 Å². The van der Waals surface area contributed by atoms with E-state index >= 15 is 0 Å². The van der Waals surface area contributed by atoms with Gasteiger partial charge < -0.3 is 20.6 Å². The molecule has 1 aliphatic heterocycles. The van der Waals surface area contributed by atoms with E-state index < -0.39 is 0 Å². The van der Waals surface area contributed by atoms with Crippen LogP contribution < -0.4 is 10.6 Å². The van der Waals surface area contributed by atoms with Gasteiger partial charge in [-0.15, -0.1) is 0 Å². The molecular formula is C17H35N3O2. The number of nitrogens with zero attached hydrogens (tertiary/aromatic N) is 1. The Labute approximate surface area is 135 Å². The van der Waals surface area contributed by atoms with E-state index in [9.17, 15) is 9.90 Å². The number of likely N-dealkylation sites (tertiary alicyclic amines) is 1. The molecule has 0 aromatic heterocycles. The molecule has 3 N–H and O–H groups in total. The highest BCUT2D eigenvalue weighted by atomic mass is 16.3. The van der Waals surface area contributed by atoms with Crippen LogP contribution in [0.1, 0.15) is 47.0 Å². The molecule has 1 heterocycles. The number of carbonyl (C=O) groups is 1. The second-order valence-corrected chi connectivity index (χ2v) is 7.34. The number of piperidine rings is 1. The van der Waals surface area contributed by atoms with Crippen LogP contribution in [0.15, 0.2) is 0 Å². The lowest BCUT2D eigenvalue weighted by molar-refractivity contribution is 0.116. The van der Waals surface area contributed by atoms with Crippen LogP contribution in [0.4, 0.5) is 4.79 Å². The molecule has 0 radical (unpaired) electrons. The van der Waals surface area contributed by atoms with Crippen LogP contribution in [-0.2, 0) is 0 Å². The number of rotatable bonds is 8. The average molecular weight is 313 g/mol. The Morgan fingerprint density at radius 1 is 1.18 bits per heavy atom. The molecule has 0 aromatic rings. The number of aliphatic hydroxyl groups is 1. The van der Waals surface area contributed by atoms with Gasteiger partial charge in [-0.1, -0.05) is 27.7 Å². The molecule has 0 aliphatic carbocycles. The summed E-state index contributed by atoms with van der Waals surface area (Å²) in [6.07, 6.45) is 2.58. The number of nitrogens with one attached hydrogen (secondary N) is 2. The fourth-order valence-electron chi connectivity index (χ4n) is 3.21. The Morgan fingerprint density at radius 3 is 2.36 bits per heavy atom. The highest BCUT2D eigenvalue weighted by molar-refractivity contribution is 5.73. The van der Waals surface area contributed by atoms with Crippen molar-refractivity contribution < 1.29 is 9.90 Å². The number of hydrogen-bond acceptors (Lipinski definition) is 3. The van der Waals surface area contributed by atoms with Gasteiger partial charge in [-0.3, -0.25) is 0 Å². The number of carbonyl (C=O) groups excluding carboxylic acids is 1. The minimum atomic E-state index is -0.344. The SMILES string of the molecule is CC1CC(C)CN(CCCNC(=O)NCCC(O)C(C)C)C1. The summed E-state index contributed by atoms with van der Waals surface area (Å²) in [5.74, 6) is 1.80. The largest absolute Gasteiger partial charge is 0.393 e. The van der Waals surface area contributed by atoms with Crippen LogP contribution in [0.2, 0.25) is 0 Å². The van der Waals surface area contributed by atoms with Crippen molar-refractivity contribution in [3.63, 3.8) is 0 Å². The van der Waals surface area contributed by atoms with E-state index in [1.165, 1.54) is 19.5 Å². The third-order valence-electron chi connectivity index (χ3n) is 4.38. The first-order valence-electron chi connectivity index (χ1n) is 8.80. The van der Waals surface area contributed by atoms with Crippen molar-refractivity contribution in [2.45, 2.75) is 53.1 Å². The fourth-order valence-corrected chi connectivity index (χ4v) is 3.21. The Hall–Kier alpha value is -0.810. The molecule has 0 spiro atoms. The molecule has 1 rings (SSSR count). The predicted octanol–water partition coefficient (Wildman–Crippen LogP) is 2.06. The van der Waals surface area contributed by atoms with Crippen molar-refractivity contribution in [2.24, 2.45) is 17.8 Å². The maximum atomic E-state index is 11.6. The van der Waals surface area contributed by atoms with Gasteiger partial charge in [0.2, 0.25) is 0 Å². The molecule has 1 saturated heterocycles. The molecule has 0 saturated carbocycles. The zero-order chi connectivity index (χ0) is 16.5. The highest BCUT2D eigenvalue weighted by Crippen LogP contribution is 2.20. The van der Waals surface area contributed by atoms with E-state index in [0.29, 0.717) is 19.5 Å². The van der Waals surface area contributed by atoms with E-state index in [1.54, 1.807) is 0 Å². The Bertz CT molecular complexity index is 313. The zero-order valence-electron chi connectivity index (χ0n) is 14.8. The summed E-state index contributed by atoms with van der Waals surface area (Å²) in [5, 5.41) is 15.3. The minimum Gasteiger partial charge on any atom is -0.393 e. The third kappa shape index (κ3) is 7.99. The van der Waals surface area contributed by atoms with E-state index in [2.05, 4.69) is 29.4 Å². The number of amides is 2. The van der Waals surface area contributed by atoms with Crippen LogP contribution in [0, 0.1) is 17.8 Å². The molecule has 0 aromatic carbocycles. The monoisotopic (exact) mass is 313 g/mol. The molecule has 3 unspecified atom stereocenters. The summed E-state index contributed by atoms with van der Waals surface area (Å²) in [6, 6.07) is -0.128. The van der Waals surface area contributed by atoms with Gasteiger partial charge in [-0.05, 0) is 43.6 Å². The van der Waals surface area contributed by atoms with Gasteiger partial charge in [0.15, 0.2) is 0 Å². The summed E-state index contributed by atoms with van der Waals surface area (Å²) < 4.78 is 0. The van der Waals surface area contributed by atoms with Crippen LogP contribution in [0.5, 0.6) is 0 Å². The van der Waals surface area contributed by atoms with Crippen LogP contribution in [-0.4, -0.2) is 54.9 Å². The molecule has 3 atom stereocenters. The Morgan fingerprint density at radius 2 is 1.77 bits per heavy atom. The van der Waals surface area contributed by atoms with Gasteiger partial charge in [0.05, 0.1) is 6.10 Å². The zero-order valence-corrected chi connectivity index (χ0v) is 14.8. The van der Waals surface area contributed by atoms with Crippen molar-refractivity contribution in [1.29, 1.82) is 0 Å². The standard InChI is InChI=1S/C17H35N3O2/c1-13(2)16(21)6-8-19-17(22)18-7-5-9-20-11-14(3)10-15(4)12-20/h13-16,21H,5-12H2,1-4H3,(H2,18,19,22). The second kappa shape index (κ2) is 10.1. The first-order valence-corrected chi connectivity index (χ1v) is 8.80. The van der Waals surface area contributed by atoms with Gasteiger partial charge >= 0.3 is 6.03 Å². The Kier molecular flexibility index (Phi) is 8.79. The molecule has 130 valence electrons. The summed E-state index contributed by atoms with van der Waals surface area (Å²) >= 11 is 0. The highest BCUT2D eigenvalue weighted by Gasteiger charge is 2.21. The minimum absolute atomic E-state index is 0.128. The van der Waals surface area contributed by atoms with Crippen LogP contribution in [0.25, 0.3) is 0 Å². The van der Waals surface area contributed by atoms with Gasteiger partial charge in [0, 0.05) is 26.2 Å². The van der Waals surface area contributed by atoms with Crippen molar-refractivity contribution in [2.75, 3.05) is 32.7 Å². The van der Waals surface area contributed by atoms with Gasteiger partial charge in [-0.25, -0.2) is 4.79 Å². The van der Waals surface area contributed by atoms with E-state index in [0.717, 1.165) is 24.8 Å². The molecule has 22 heavy (non-hydrogen) atoms. The van der Waals surface area contributed by atoms with E-state index in [1.807, 2.05) is 13.8 Å². The lowest BCUT2D eigenvalue weighted by Crippen LogP contribution is -2.41. The van der Waals surface area contributed by atoms with Crippen molar-refractivity contribution in [1.82, 2.24) is 15.5 Å². The maximum Gasteiger partial charge on any atom is 0.314 e. The molecule has 0 bridgehead atoms. The van der Waals surface area contributed by atoms with Crippen molar-refractivity contribution >= 4 is 6.03 Å². The summed E-state index contributed by atoms with van der Waals surface area (Å²) in [6.45, 7) is 13.2. The van der Waals surface area contributed by atoms with E-state index in [-0.39, 0.29) is 18.1 Å². The summed E-state index contributed by atoms with van der Waals surface area (Å²) in [5.41, 5.74) is 0. The summed E-state index contributed by atoms with van der Waals surface area (Å²) in [7, 11) is 0. The number of urea groups is 1. The fraction of sp³-hybridized carbons (Fsp3) is 0.941. The maximum absolute atomic E-state index is 11.6. The lowest BCUT2D eigenvalue weighted by atomic mass is 9.92. The second-order valence-electron chi connectivity index (χ2n) is 7.34. The van der Waals surface area contributed by atoms with Gasteiger partial charge in [0.1, 0.15) is 0 Å². The van der Waals surface area contributed by atoms with Gasteiger partial charge in [-0.2, -0.15) is 0 Å². The molecule has 1 fully saturated rings. The first kappa shape index (κ1) is 19.2. The molecule has 5 nitrogen and oxygen atoms in total. The lowest BCUT2D eigenvalue weighted by Gasteiger charge is -2.34. The third-order valence-corrected chi connectivity index (χ3v) is 4.38. The predicted molar refractivity (Wildman–Crippen MR) is 90.9 cm³/mol. The van der Waals surface area contributed by atoms with Crippen LogP contribution in [0.3, 0.4) is 0 Å². The Balaban J connectivity index is 2.03. The normalized spacial score (nSPS) is 24.3.